The molecule has 0 bridgehead atoms. The maximum atomic E-state index is 12.2. The van der Waals surface area contributed by atoms with Crippen molar-refractivity contribution < 1.29 is 9.53 Å². The second kappa shape index (κ2) is 6.59. The van der Waals surface area contributed by atoms with Gasteiger partial charge < -0.3 is 14.5 Å². The Hall–Kier alpha value is -2.22. The molecule has 0 radical (unpaired) electrons. The van der Waals surface area contributed by atoms with Crippen molar-refractivity contribution in [2.24, 2.45) is 0 Å². The quantitative estimate of drug-likeness (QED) is 0.757. The predicted octanol–water partition coefficient (Wildman–Crippen LogP) is 2.52. The lowest BCUT2D eigenvalue weighted by atomic mass is 10.2. The number of carbonyl (C=O) groups excluding carboxylic acids is 1. The van der Waals surface area contributed by atoms with Crippen molar-refractivity contribution in [3.63, 3.8) is 0 Å². The van der Waals surface area contributed by atoms with Gasteiger partial charge in [0.1, 0.15) is 23.0 Å². The van der Waals surface area contributed by atoms with Gasteiger partial charge >= 0.3 is 6.09 Å². The topological polar surface area (TPSA) is 84.3 Å². The molecule has 25 heavy (non-hydrogen) atoms. The Kier molecular flexibility index (Phi) is 4.64. The molecule has 1 atom stereocenters. The zero-order valence-electron chi connectivity index (χ0n) is 14.7. The average Bonchev–Trinajstić information content (AvgIpc) is 3.03. The number of nitrogens with zero attached hydrogens (tertiary/aromatic N) is 6. The second-order valence-electron chi connectivity index (χ2n) is 7.05. The summed E-state index contributed by atoms with van der Waals surface area (Å²) in [7, 11) is 1.90. The second-order valence-corrected chi connectivity index (χ2v) is 7.41. The van der Waals surface area contributed by atoms with Gasteiger partial charge in [0.25, 0.3) is 0 Å². The van der Waals surface area contributed by atoms with Crippen molar-refractivity contribution in [3.8, 4) is 0 Å². The molecular formula is C16H21ClN6O2. The molecule has 0 spiro atoms. The Bertz CT molecular complexity index is 794. The van der Waals surface area contributed by atoms with Crippen molar-refractivity contribution in [2.75, 3.05) is 25.0 Å². The summed E-state index contributed by atoms with van der Waals surface area (Å²) in [6.07, 6.45) is 3.53. The number of hydrogen-bond donors (Lipinski definition) is 0. The van der Waals surface area contributed by atoms with Gasteiger partial charge in [-0.15, -0.1) is 0 Å². The van der Waals surface area contributed by atoms with E-state index in [4.69, 9.17) is 16.3 Å². The number of amides is 1. The van der Waals surface area contributed by atoms with Gasteiger partial charge in [-0.05, 0) is 27.2 Å². The van der Waals surface area contributed by atoms with Gasteiger partial charge in [0.05, 0.1) is 12.2 Å². The van der Waals surface area contributed by atoms with E-state index in [2.05, 4.69) is 19.9 Å². The lowest BCUT2D eigenvalue weighted by molar-refractivity contribution is 0.0292. The third-order valence-corrected chi connectivity index (χ3v) is 4.27. The van der Waals surface area contributed by atoms with Crippen LogP contribution in [0.3, 0.4) is 0 Å². The number of hydrogen-bond acceptors (Lipinski definition) is 7. The minimum atomic E-state index is -0.501. The molecule has 2 aromatic heterocycles. The molecule has 0 unspecified atom stereocenters. The molecule has 134 valence electrons. The number of anilines is 1. The Morgan fingerprint density at radius 2 is 2.12 bits per heavy atom. The Morgan fingerprint density at radius 1 is 1.36 bits per heavy atom. The van der Waals surface area contributed by atoms with E-state index in [9.17, 15) is 4.79 Å². The first kappa shape index (κ1) is 17.6. The molecule has 1 fully saturated rings. The third kappa shape index (κ3) is 3.89. The van der Waals surface area contributed by atoms with Gasteiger partial charge in [-0.3, -0.25) is 0 Å². The van der Waals surface area contributed by atoms with E-state index in [1.54, 1.807) is 11.1 Å². The van der Waals surface area contributed by atoms with Crippen molar-refractivity contribution in [2.45, 2.75) is 38.8 Å². The molecule has 1 aliphatic heterocycles. The molecule has 1 amide bonds. The van der Waals surface area contributed by atoms with E-state index >= 15 is 0 Å². The van der Waals surface area contributed by atoms with Gasteiger partial charge in [-0.25, -0.2) is 24.7 Å². The highest BCUT2D eigenvalue weighted by molar-refractivity contribution is 6.33. The molecule has 1 saturated heterocycles. The van der Waals surface area contributed by atoms with E-state index in [-0.39, 0.29) is 12.1 Å². The number of ether oxygens (including phenoxy) is 1. The molecule has 1 aliphatic rings. The summed E-state index contributed by atoms with van der Waals surface area (Å²) in [6.45, 7) is 6.78. The van der Waals surface area contributed by atoms with Crippen LogP contribution in [0.5, 0.6) is 0 Å². The van der Waals surface area contributed by atoms with Crippen LogP contribution in [-0.4, -0.2) is 62.7 Å². The predicted molar refractivity (Wildman–Crippen MR) is 94.8 cm³/mol. The van der Waals surface area contributed by atoms with Gasteiger partial charge in [-0.1, -0.05) is 11.6 Å². The van der Waals surface area contributed by atoms with Crippen molar-refractivity contribution in [3.05, 3.63) is 17.7 Å². The maximum Gasteiger partial charge on any atom is 0.410 e. The zero-order valence-corrected chi connectivity index (χ0v) is 15.5. The number of likely N-dealkylation sites (N-methyl/N-ethyl adjacent to an activating group) is 1. The summed E-state index contributed by atoms with van der Waals surface area (Å²) in [5.74, 6) is 0.528. The van der Waals surface area contributed by atoms with E-state index in [0.29, 0.717) is 35.2 Å². The minimum Gasteiger partial charge on any atom is -0.444 e. The van der Waals surface area contributed by atoms with Gasteiger partial charge in [-0.2, -0.15) is 0 Å². The highest BCUT2D eigenvalue weighted by atomic mass is 35.5. The van der Waals surface area contributed by atoms with Crippen LogP contribution in [0, 0.1) is 0 Å². The average molecular weight is 365 g/mol. The van der Waals surface area contributed by atoms with E-state index in [0.717, 1.165) is 6.42 Å². The molecule has 0 aromatic carbocycles. The van der Waals surface area contributed by atoms with Crippen molar-refractivity contribution >= 4 is 34.7 Å². The highest BCUT2D eigenvalue weighted by Gasteiger charge is 2.32. The largest absolute Gasteiger partial charge is 0.444 e. The standard InChI is InChI=1S/C16H21ClN6O2/c1-16(2,3)25-15(24)23-6-5-10(8-23)22(4)14-18-7-11-12(21-14)13(17)20-9-19-11/h7,9-10H,5-6,8H2,1-4H3/t10-/m0/s1. The molecule has 0 N–H and O–H groups in total. The first-order chi connectivity index (χ1) is 11.7. The van der Waals surface area contributed by atoms with Crippen LogP contribution in [0.4, 0.5) is 10.7 Å². The van der Waals surface area contributed by atoms with Crippen LogP contribution in [0.1, 0.15) is 27.2 Å². The molecule has 9 heteroatoms. The Balaban J connectivity index is 1.73. The zero-order chi connectivity index (χ0) is 18.2. The van der Waals surface area contributed by atoms with Gasteiger partial charge in [0.15, 0.2) is 5.15 Å². The number of fused-ring (bicyclic) bond motifs is 1. The fraction of sp³-hybridized carbons (Fsp3) is 0.562. The molecule has 2 aromatic rings. The Morgan fingerprint density at radius 3 is 2.84 bits per heavy atom. The van der Waals surface area contributed by atoms with Crippen LogP contribution in [0.15, 0.2) is 12.5 Å². The summed E-state index contributed by atoms with van der Waals surface area (Å²) in [4.78, 5) is 32.7. The van der Waals surface area contributed by atoms with E-state index in [1.807, 2.05) is 32.7 Å². The molecular weight excluding hydrogens is 344 g/mol. The first-order valence-corrected chi connectivity index (χ1v) is 8.46. The summed E-state index contributed by atoms with van der Waals surface area (Å²) in [5.41, 5.74) is 0.612. The van der Waals surface area contributed by atoms with Crippen LogP contribution in [-0.2, 0) is 4.74 Å². The fourth-order valence-corrected chi connectivity index (χ4v) is 2.88. The van der Waals surface area contributed by atoms with Crippen molar-refractivity contribution in [1.29, 1.82) is 0 Å². The number of carbonyl (C=O) groups is 1. The Labute approximate surface area is 151 Å². The number of likely N-dealkylation sites (tertiary alicyclic amines) is 1. The molecule has 8 nitrogen and oxygen atoms in total. The molecule has 3 rings (SSSR count). The lowest BCUT2D eigenvalue weighted by Gasteiger charge is -2.26. The van der Waals surface area contributed by atoms with Crippen LogP contribution in [0.2, 0.25) is 5.15 Å². The lowest BCUT2D eigenvalue weighted by Crippen LogP contribution is -2.39. The maximum absolute atomic E-state index is 12.2. The van der Waals surface area contributed by atoms with Crippen molar-refractivity contribution in [1.82, 2.24) is 24.8 Å². The first-order valence-electron chi connectivity index (χ1n) is 8.08. The molecule has 3 heterocycles. The van der Waals surface area contributed by atoms with Crippen LogP contribution >= 0.6 is 11.6 Å². The van der Waals surface area contributed by atoms with Crippen LogP contribution < -0.4 is 4.90 Å². The smallest absolute Gasteiger partial charge is 0.410 e. The highest BCUT2D eigenvalue weighted by Crippen LogP contribution is 2.23. The van der Waals surface area contributed by atoms with Gasteiger partial charge in [0.2, 0.25) is 5.95 Å². The summed E-state index contributed by atoms with van der Waals surface area (Å²) >= 11 is 6.09. The normalized spacial score (nSPS) is 17.8. The molecule has 0 aliphatic carbocycles. The monoisotopic (exact) mass is 364 g/mol. The number of aromatic nitrogens is 4. The summed E-state index contributed by atoms with van der Waals surface area (Å²) in [5, 5.41) is 0.295. The third-order valence-electron chi connectivity index (χ3n) is 4.00. The minimum absolute atomic E-state index is 0.105. The SMILES string of the molecule is CN(c1ncc2ncnc(Cl)c2n1)[C@H]1CCN(C(=O)OC(C)(C)C)C1. The number of halogens is 1. The van der Waals surface area contributed by atoms with E-state index in [1.165, 1.54) is 6.33 Å². The number of rotatable bonds is 2. The fourth-order valence-electron chi connectivity index (χ4n) is 2.70. The summed E-state index contributed by atoms with van der Waals surface area (Å²) < 4.78 is 5.43. The van der Waals surface area contributed by atoms with E-state index < -0.39 is 5.60 Å². The van der Waals surface area contributed by atoms with Gasteiger partial charge in [0, 0.05) is 20.1 Å². The molecule has 0 saturated carbocycles. The van der Waals surface area contributed by atoms with Crippen LogP contribution in [0.25, 0.3) is 11.0 Å². The summed E-state index contributed by atoms with van der Waals surface area (Å²) in [6, 6.07) is 0.105.